The predicted octanol–water partition coefficient (Wildman–Crippen LogP) is 3.78. The summed E-state index contributed by atoms with van der Waals surface area (Å²) in [5, 5.41) is 10.7. The third-order valence-corrected chi connectivity index (χ3v) is 5.87. The van der Waals surface area contributed by atoms with E-state index < -0.39 is 6.10 Å². The Labute approximate surface area is 178 Å². The van der Waals surface area contributed by atoms with E-state index in [-0.39, 0.29) is 0 Å². The number of nitrogens with zero attached hydrogens (tertiary/aromatic N) is 3. The van der Waals surface area contributed by atoms with Crippen molar-refractivity contribution in [3.63, 3.8) is 0 Å². The topological polar surface area (TPSA) is 58.1 Å². The number of pyridine rings is 1. The van der Waals surface area contributed by atoms with E-state index >= 15 is 0 Å². The number of aliphatic hydroxyl groups excluding tert-OH is 1. The number of aliphatic hydroxyl groups is 1. The third kappa shape index (κ3) is 5.12. The maximum atomic E-state index is 10.7. The molecule has 1 N–H and O–H groups in total. The molecule has 0 amide bonds. The van der Waals surface area contributed by atoms with E-state index in [0.29, 0.717) is 12.4 Å². The Balaban J connectivity index is 1.23. The first-order valence-corrected chi connectivity index (χ1v) is 10.9. The normalized spacial score (nSPS) is 17.9. The van der Waals surface area contributed by atoms with Crippen molar-refractivity contribution < 1.29 is 14.6 Å². The average Bonchev–Trinajstić information content (AvgIpc) is 3.02. The highest BCUT2D eigenvalue weighted by Crippen LogP contribution is 2.34. The second-order valence-corrected chi connectivity index (χ2v) is 7.92. The molecule has 6 heteroatoms. The number of fused-ring (bicyclic) bond motifs is 1. The quantitative estimate of drug-likeness (QED) is 0.751. The molecule has 0 bridgehead atoms. The molecule has 0 aliphatic carbocycles. The van der Waals surface area contributed by atoms with Gasteiger partial charge in [0.25, 0.3) is 0 Å². The number of hydrogen-bond donors (Lipinski definition) is 1. The van der Waals surface area contributed by atoms with Crippen molar-refractivity contribution in [1.29, 1.82) is 0 Å². The Morgan fingerprint density at radius 3 is 2.73 bits per heavy atom. The molecule has 2 aromatic rings. The van der Waals surface area contributed by atoms with Gasteiger partial charge < -0.3 is 19.5 Å². The summed E-state index contributed by atoms with van der Waals surface area (Å²) < 4.78 is 11.6. The summed E-state index contributed by atoms with van der Waals surface area (Å²) >= 11 is 0. The number of ether oxygens (including phenoxy) is 2. The lowest BCUT2D eigenvalue weighted by molar-refractivity contribution is 0.153. The van der Waals surface area contributed by atoms with Crippen molar-refractivity contribution >= 4 is 5.82 Å². The van der Waals surface area contributed by atoms with Crippen molar-refractivity contribution in [3.8, 4) is 11.5 Å². The second-order valence-electron chi connectivity index (χ2n) is 7.92. The summed E-state index contributed by atoms with van der Waals surface area (Å²) in [6.45, 7) is 7.69. The maximum absolute atomic E-state index is 10.7. The lowest BCUT2D eigenvalue weighted by Crippen LogP contribution is -2.46. The molecular weight excluding hydrogens is 378 g/mol. The van der Waals surface area contributed by atoms with Gasteiger partial charge in [-0.05, 0) is 55.6 Å². The van der Waals surface area contributed by atoms with E-state index in [1.807, 2.05) is 36.5 Å². The van der Waals surface area contributed by atoms with Gasteiger partial charge in [0.1, 0.15) is 12.4 Å². The van der Waals surface area contributed by atoms with Gasteiger partial charge in [0.2, 0.25) is 0 Å². The zero-order valence-electron chi connectivity index (χ0n) is 17.7. The van der Waals surface area contributed by atoms with Crippen molar-refractivity contribution in [1.82, 2.24) is 9.88 Å². The second kappa shape index (κ2) is 9.96. The van der Waals surface area contributed by atoms with Crippen molar-refractivity contribution in [2.24, 2.45) is 0 Å². The first kappa shape index (κ1) is 20.7. The van der Waals surface area contributed by atoms with Crippen LogP contribution in [0, 0.1) is 0 Å². The molecule has 0 radical (unpaired) electrons. The Kier molecular flexibility index (Phi) is 6.87. The molecule has 4 rings (SSSR count). The molecule has 1 aromatic heterocycles. The number of rotatable bonds is 7. The molecule has 0 saturated carbocycles. The minimum Gasteiger partial charge on any atom is -0.485 e. The Hall–Kier alpha value is -2.57. The number of anilines is 1. The largest absolute Gasteiger partial charge is 0.485 e. The van der Waals surface area contributed by atoms with E-state index in [1.54, 1.807) is 6.26 Å². The zero-order valence-corrected chi connectivity index (χ0v) is 17.7. The molecular formula is C24H31N3O3. The molecule has 6 nitrogen and oxygen atoms in total. The van der Waals surface area contributed by atoms with Crippen LogP contribution in [0.5, 0.6) is 11.5 Å². The summed E-state index contributed by atoms with van der Waals surface area (Å²) in [6, 6.07) is 11.8. The minimum absolute atomic E-state index is 0.494. The van der Waals surface area contributed by atoms with E-state index in [2.05, 4.69) is 27.8 Å². The van der Waals surface area contributed by atoms with Crippen molar-refractivity contribution in [3.05, 3.63) is 60.0 Å². The first-order chi connectivity index (χ1) is 14.7. The van der Waals surface area contributed by atoms with Crippen molar-refractivity contribution in [2.75, 3.05) is 44.2 Å². The van der Waals surface area contributed by atoms with E-state index in [0.717, 1.165) is 74.7 Å². The van der Waals surface area contributed by atoms with Gasteiger partial charge in [-0.25, -0.2) is 4.98 Å². The SMILES string of the molecule is CCC1=COc2cc(C(O)CCCN3CCN(c4ccccn4)CC3)ccc2OC1. The summed E-state index contributed by atoms with van der Waals surface area (Å²) in [5.74, 6) is 2.47. The lowest BCUT2D eigenvalue weighted by Gasteiger charge is -2.35. The molecule has 1 atom stereocenters. The van der Waals surface area contributed by atoms with Crippen LogP contribution in [-0.4, -0.2) is 54.3 Å². The average molecular weight is 410 g/mol. The predicted molar refractivity (Wildman–Crippen MR) is 118 cm³/mol. The van der Waals surface area contributed by atoms with Crippen LogP contribution in [0.1, 0.15) is 37.9 Å². The third-order valence-electron chi connectivity index (χ3n) is 5.87. The van der Waals surface area contributed by atoms with Gasteiger partial charge in [0.15, 0.2) is 11.5 Å². The monoisotopic (exact) mass is 409 g/mol. The van der Waals surface area contributed by atoms with E-state index in [4.69, 9.17) is 9.47 Å². The van der Waals surface area contributed by atoms with Crippen LogP contribution in [0.15, 0.2) is 54.4 Å². The summed E-state index contributed by atoms with van der Waals surface area (Å²) in [7, 11) is 0. The molecule has 30 heavy (non-hydrogen) atoms. The van der Waals surface area contributed by atoms with Gasteiger partial charge in [-0.2, -0.15) is 0 Å². The van der Waals surface area contributed by atoms with Crippen LogP contribution in [0.4, 0.5) is 5.82 Å². The summed E-state index contributed by atoms with van der Waals surface area (Å²) in [5.41, 5.74) is 2.00. The van der Waals surface area contributed by atoms with Crippen LogP contribution in [0.2, 0.25) is 0 Å². The fourth-order valence-corrected chi connectivity index (χ4v) is 3.90. The Morgan fingerprint density at radius 2 is 1.97 bits per heavy atom. The van der Waals surface area contributed by atoms with Crippen LogP contribution in [-0.2, 0) is 0 Å². The molecule has 3 heterocycles. The molecule has 160 valence electrons. The molecule has 1 fully saturated rings. The molecule has 1 unspecified atom stereocenters. The highest BCUT2D eigenvalue weighted by molar-refractivity contribution is 5.45. The number of aromatic nitrogens is 1. The van der Waals surface area contributed by atoms with Gasteiger partial charge in [-0.15, -0.1) is 0 Å². The molecule has 1 saturated heterocycles. The van der Waals surface area contributed by atoms with Crippen molar-refractivity contribution in [2.45, 2.75) is 32.3 Å². The highest BCUT2D eigenvalue weighted by atomic mass is 16.5. The smallest absolute Gasteiger partial charge is 0.168 e. The van der Waals surface area contributed by atoms with Crippen LogP contribution in [0.25, 0.3) is 0 Å². The standard InChI is InChI=1S/C24H31N3O3/c1-2-19-17-29-22-9-8-20(16-23(22)30-18-19)21(28)6-5-11-26-12-14-27(15-13-26)24-7-3-4-10-25-24/h3-4,7-10,16,18,21,28H,2,5-6,11-15,17H2,1H3. The van der Waals surface area contributed by atoms with Crippen LogP contribution < -0.4 is 14.4 Å². The van der Waals surface area contributed by atoms with Crippen LogP contribution >= 0.6 is 0 Å². The molecule has 0 spiro atoms. The number of piperazine rings is 1. The maximum Gasteiger partial charge on any atom is 0.168 e. The molecule has 1 aromatic carbocycles. The summed E-state index contributed by atoms with van der Waals surface area (Å²) in [4.78, 5) is 9.25. The fraction of sp³-hybridized carbons (Fsp3) is 0.458. The van der Waals surface area contributed by atoms with E-state index in [9.17, 15) is 5.11 Å². The lowest BCUT2D eigenvalue weighted by atomic mass is 10.0. The molecule has 2 aliphatic heterocycles. The zero-order chi connectivity index (χ0) is 20.8. The van der Waals surface area contributed by atoms with Gasteiger partial charge in [-0.1, -0.05) is 19.1 Å². The fourth-order valence-electron chi connectivity index (χ4n) is 3.90. The van der Waals surface area contributed by atoms with Gasteiger partial charge in [-0.3, -0.25) is 4.90 Å². The van der Waals surface area contributed by atoms with Crippen LogP contribution in [0.3, 0.4) is 0 Å². The Morgan fingerprint density at radius 1 is 1.10 bits per heavy atom. The first-order valence-electron chi connectivity index (χ1n) is 10.9. The molecule has 2 aliphatic rings. The van der Waals surface area contributed by atoms with Gasteiger partial charge in [0, 0.05) is 37.9 Å². The Bertz CT molecular complexity index is 848. The number of hydrogen-bond acceptors (Lipinski definition) is 6. The van der Waals surface area contributed by atoms with E-state index in [1.165, 1.54) is 0 Å². The summed E-state index contributed by atoms with van der Waals surface area (Å²) in [6.07, 6.45) is 5.72. The highest BCUT2D eigenvalue weighted by Gasteiger charge is 2.19. The van der Waals surface area contributed by atoms with Gasteiger partial charge in [0.05, 0.1) is 12.4 Å². The van der Waals surface area contributed by atoms with Gasteiger partial charge >= 0.3 is 0 Å². The minimum atomic E-state index is -0.494. The number of benzene rings is 1.